The summed E-state index contributed by atoms with van der Waals surface area (Å²) in [7, 11) is 0. The predicted octanol–water partition coefficient (Wildman–Crippen LogP) is 1.89. The van der Waals surface area contributed by atoms with Crippen LogP contribution in [0.5, 0.6) is 0 Å². The lowest BCUT2D eigenvalue weighted by molar-refractivity contribution is -0.138. The number of thiocarbonyl (C=S) groups is 1. The zero-order valence-corrected chi connectivity index (χ0v) is 7.45. The number of carbonyl (C=O) groups excluding carboxylic acids is 1. The van der Waals surface area contributed by atoms with Gasteiger partial charge in [-0.2, -0.15) is 0 Å². The Hall–Kier alpha value is -0.700. The smallest absolute Gasteiger partial charge is 0.333 e. The molecule has 62 valence electrons. The zero-order valence-electron chi connectivity index (χ0n) is 6.63. The van der Waals surface area contributed by atoms with Crippen molar-refractivity contribution in [1.82, 2.24) is 0 Å². The van der Waals surface area contributed by atoms with E-state index < -0.39 is 0 Å². The van der Waals surface area contributed by atoms with Gasteiger partial charge in [-0.15, -0.1) is 0 Å². The molecule has 0 radical (unpaired) electrons. The number of hydrogen-bond donors (Lipinski definition) is 0. The fourth-order valence-electron chi connectivity index (χ4n) is 0.455. The largest absolute Gasteiger partial charge is 0.462 e. The van der Waals surface area contributed by atoms with Crippen LogP contribution in [0.2, 0.25) is 0 Å². The number of carbonyl (C=O) groups is 1. The average Bonchev–Trinajstić information content (AvgIpc) is 1.97. The van der Waals surface area contributed by atoms with E-state index in [1.54, 1.807) is 12.3 Å². The maximum absolute atomic E-state index is 10.7. The van der Waals surface area contributed by atoms with Crippen molar-refractivity contribution in [3.8, 4) is 0 Å². The standard InChI is InChI=1S/C8H12O2S/c1-7(2)8(9)10-5-3-4-6-11/h6H,1,3-5H2,2H3. The van der Waals surface area contributed by atoms with Gasteiger partial charge in [0.1, 0.15) is 0 Å². The summed E-state index contributed by atoms with van der Waals surface area (Å²) in [4.78, 5) is 10.7. The van der Waals surface area contributed by atoms with Gasteiger partial charge in [0.05, 0.1) is 6.61 Å². The van der Waals surface area contributed by atoms with Gasteiger partial charge in [0, 0.05) is 5.57 Å². The molecule has 11 heavy (non-hydrogen) atoms. The fourth-order valence-corrected chi connectivity index (χ4v) is 0.621. The highest BCUT2D eigenvalue weighted by molar-refractivity contribution is 7.78. The van der Waals surface area contributed by atoms with E-state index in [0.29, 0.717) is 12.2 Å². The third-order valence-corrected chi connectivity index (χ3v) is 1.28. The van der Waals surface area contributed by atoms with Crippen molar-refractivity contribution in [3.05, 3.63) is 12.2 Å². The molecule has 0 aliphatic heterocycles. The van der Waals surface area contributed by atoms with E-state index in [9.17, 15) is 4.79 Å². The second-order valence-corrected chi connectivity index (χ2v) is 2.56. The van der Waals surface area contributed by atoms with Crippen LogP contribution in [0.1, 0.15) is 19.8 Å². The van der Waals surface area contributed by atoms with Crippen molar-refractivity contribution < 1.29 is 9.53 Å². The van der Waals surface area contributed by atoms with E-state index >= 15 is 0 Å². The molecule has 0 heterocycles. The zero-order chi connectivity index (χ0) is 8.69. The van der Waals surface area contributed by atoms with Crippen LogP contribution in [0.3, 0.4) is 0 Å². The van der Waals surface area contributed by atoms with Gasteiger partial charge >= 0.3 is 5.97 Å². The van der Waals surface area contributed by atoms with Crippen molar-refractivity contribution in [2.24, 2.45) is 0 Å². The molecule has 0 aromatic rings. The van der Waals surface area contributed by atoms with E-state index in [2.05, 4.69) is 18.8 Å². The van der Waals surface area contributed by atoms with Crippen molar-refractivity contribution in [1.29, 1.82) is 0 Å². The van der Waals surface area contributed by atoms with Crippen molar-refractivity contribution in [2.75, 3.05) is 6.61 Å². The minimum Gasteiger partial charge on any atom is -0.462 e. The number of rotatable bonds is 5. The van der Waals surface area contributed by atoms with Crippen LogP contribution in [-0.2, 0) is 9.53 Å². The lowest BCUT2D eigenvalue weighted by Gasteiger charge is -2.01. The molecule has 0 saturated heterocycles. The van der Waals surface area contributed by atoms with Crippen LogP contribution < -0.4 is 0 Å². The average molecular weight is 172 g/mol. The Balaban J connectivity index is 3.31. The van der Waals surface area contributed by atoms with Crippen molar-refractivity contribution in [3.63, 3.8) is 0 Å². The first kappa shape index (κ1) is 10.3. The second kappa shape index (κ2) is 6.04. The second-order valence-electron chi connectivity index (χ2n) is 2.23. The highest BCUT2D eigenvalue weighted by Crippen LogP contribution is 1.94. The molecule has 0 aromatic heterocycles. The van der Waals surface area contributed by atoms with Gasteiger partial charge in [-0.25, -0.2) is 4.79 Å². The summed E-state index contributed by atoms with van der Waals surface area (Å²) >= 11 is 4.60. The Morgan fingerprint density at radius 1 is 1.73 bits per heavy atom. The maximum Gasteiger partial charge on any atom is 0.333 e. The molecule has 0 bridgehead atoms. The lowest BCUT2D eigenvalue weighted by atomic mass is 10.3. The van der Waals surface area contributed by atoms with E-state index in [-0.39, 0.29) is 5.97 Å². The van der Waals surface area contributed by atoms with Crippen LogP contribution in [0.15, 0.2) is 12.2 Å². The normalized spacial score (nSPS) is 8.82. The number of hydrogen-bond acceptors (Lipinski definition) is 3. The van der Waals surface area contributed by atoms with Gasteiger partial charge in [0.2, 0.25) is 0 Å². The summed E-state index contributed by atoms with van der Waals surface area (Å²) in [5.74, 6) is -0.325. The molecular formula is C8H12O2S. The first-order chi connectivity index (χ1) is 5.18. The third-order valence-electron chi connectivity index (χ3n) is 1.05. The van der Waals surface area contributed by atoms with Gasteiger partial charge in [-0.05, 0) is 25.1 Å². The monoisotopic (exact) mass is 172 g/mol. The highest BCUT2D eigenvalue weighted by Gasteiger charge is 2.00. The first-order valence-corrected chi connectivity index (χ1v) is 3.92. The molecule has 0 fully saturated rings. The Morgan fingerprint density at radius 2 is 2.36 bits per heavy atom. The minimum atomic E-state index is -0.325. The first-order valence-electron chi connectivity index (χ1n) is 3.44. The molecule has 0 atom stereocenters. The Bertz CT molecular complexity index is 163. The van der Waals surface area contributed by atoms with E-state index in [1.165, 1.54) is 0 Å². The Morgan fingerprint density at radius 3 is 2.82 bits per heavy atom. The molecule has 0 rings (SSSR count). The van der Waals surface area contributed by atoms with Crippen molar-refractivity contribution >= 4 is 23.6 Å². The van der Waals surface area contributed by atoms with Gasteiger partial charge in [-0.1, -0.05) is 18.8 Å². The summed E-state index contributed by atoms with van der Waals surface area (Å²) in [6, 6.07) is 0. The van der Waals surface area contributed by atoms with E-state index in [4.69, 9.17) is 4.74 Å². The molecule has 0 unspecified atom stereocenters. The van der Waals surface area contributed by atoms with Crippen LogP contribution in [-0.4, -0.2) is 17.9 Å². The minimum absolute atomic E-state index is 0.325. The van der Waals surface area contributed by atoms with Gasteiger partial charge < -0.3 is 4.74 Å². The van der Waals surface area contributed by atoms with Crippen LogP contribution in [0, 0.1) is 0 Å². The van der Waals surface area contributed by atoms with Crippen LogP contribution >= 0.6 is 12.2 Å². The number of esters is 1. The molecular weight excluding hydrogens is 160 g/mol. The molecule has 0 N–H and O–H groups in total. The molecule has 0 saturated carbocycles. The molecule has 0 spiro atoms. The highest BCUT2D eigenvalue weighted by atomic mass is 32.1. The number of unbranched alkanes of at least 4 members (excludes halogenated alkanes) is 1. The van der Waals surface area contributed by atoms with E-state index in [0.717, 1.165) is 12.8 Å². The van der Waals surface area contributed by atoms with Crippen LogP contribution in [0.4, 0.5) is 0 Å². The lowest BCUT2D eigenvalue weighted by Crippen LogP contribution is -2.05. The molecule has 0 aromatic carbocycles. The van der Waals surface area contributed by atoms with Crippen molar-refractivity contribution in [2.45, 2.75) is 19.8 Å². The van der Waals surface area contributed by atoms with Gasteiger partial charge in [0.25, 0.3) is 0 Å². The molecule has 0 amide bonds. The maximum atomic E-state index is 10.7. The fraction of sp³-hybridized carbons (Fsp3) is 0.500. The molecule has 0 aliphatic carbocycles. The molecule has 0 aliphatic rings. The third kappa shape index (κ3) is 5.73. The molecule has 2 nitrogen and oxygen atoms in total. The summed E-state index contributed by atoms with van der Waals surface area (Å²) in [6.07, 6.45) is 1.60. The molecule has 3 heteroatoms. The van der Waals surface area contributed by atoms with Crippen LogP contribution in [0.25, 0.3) is 0 Å². The topological polar surface area (TPSA) is 26.3 Å². The SMILES string of the molecule is C=C(C)C(=O)OCCCC=S. The summed E-state index contributed by atoms with van der Waals surface area (Å²) in [5.41, 5.74) is 0.437. The Labute approximate surface area is 72.2 Å². The Kier molecular flexibility index (Phi) is 5.65. The summed E-state index contributed by atoms with van der Waals surface area (Å²) < 4.78 is 4.80. The van der Waals surface area contributed by atoms with Gasteiger partial charge in [0.15, 0.2) is 0 Å². The predicted molar refractivity (Wildman–Crippen MR) is 48.7 cm³/mol. The summed E-state index contributed by atoms with van der Waals surface area (Å²) in [5, 5.41) is 1.63. The van der Waals surface area contributed by atoms with E-state index in [1.807, 2.05) is 0 Å². The van der Waals surface area contributed by atoms with Gasteiger partial charge in [-0.3, -0.25) is 0 Å². The number of ether oxygens (including phenoxy) is 1. The summed E-state index contributed by atoms with van der Waals surface area (Å²) in [6.45, 7) is 5.51. The quantitative estimate of drug-likeness (QED) is 0.274.